The molecular formula is C10H15BrN4O. The van der Waals surface area contributed by atoms with Gasteiger partial charge in [-0.25, -0.2) is 4.98 Å². The van der Waals surface area contributed by atoms with E-state index in [1.54, 1.807) is 12.3 Å². The molecule has 0 bridgehead atoms. The number of primary amides is 1. The highest BCUT2D eigenvalue weighted by atomic mass is 79.9. The fraction of sp³-hybridized carbons (Fsp3) is 0.400. The largest absolute Gasteiger partial charge is 0.396 e. The van der Waals surface area contributed by atoms with Crippen molar-refractivity contribution in [1.29, 1.82) is 0 Å². The third kappa shape index (κ3) is 3.69. The number of nitrogens with zero attached hydrogens (tertiary/aromatic N) is 1. The molecule has 88 valence electrons. The van der Waals surface area contributed by atoms with Gasteiger partial charge in [-0.3, -0.25) is 4.79 Å². The first-order chi connectivity index (χ1) is 7.30. The molecule has 1 amide bonds. The molecule has 0 aliphatic heterocycles. The summed E-state index contributed by atoms with van der Waals surface area (Å²) in [7, 11) is 0. The number of nitrogens with two attached hydrogens (primary N) is 2. The highest BCUT2D eigenvalue weighted by Gasteiger charge is 2.21. The zero-order chi connectivity index (χ0) is 12.3. The Morgan fingerprint density at radius 2 is 2.25 bits per heavy atom. The van der Waals surface area contributed by atoms with Crippen molar-refractivity contribution in [3.63, 3.8) is 0 Å². The molecule has 0 spiro atoms. The molecule has 0 saturated heterocycles. The Morgan fingerprint density at radius 3 is 2.75 bits per heavy atom. The van der Waals surface area contributed by atoms with Crippen LogP contribution in [-0.2, 0) is 4.79 Å². The molecule has 16 heavy (non-hydrogen) atoms. The van der Waals surface area contributed by atoms with Crippen molar-refractivity contribution in [2.75, 3.05) is 11.1 Å². The van der Waals surface area contributed by atoms with Crippen LogP contribution in [0.5, 0.6) is 0 Å². The van der Waals surface area contributed by atoms with E-state index in [-0.39, 0.29) is 12.3 Å². The number of halogens is 1. The van der Waals surface area contributed by atoms with Crippen LogP contribution in [0.1, 0.15) is 20.3 Å². The van der Waals surface area contributed by atoms with Crippen molar-refractivity contribution in [1.82, 2.24) is 4.98 Å². The van der Waals surface area contributed by atoms with Gasteiger partial charge < -0.3 is 16.8 Å². The molecule has 0 aromatic carbocycles. The fourth-order valence-corrected chi connectivity index (χ4v) is 1.71. The highest BCUT2D eigenvalue weighted by molar-refractivity contribution is 9.10. The van der Waals surface area contributed by atoms with Gasteiger partial charge >= 0.3 is 0 Å². The number of nitrogen functional groups attached to an aromatic ring is 1. The van der Waals surface area contributed by atoms with E-state index >= 15 is 0 Å². The average Bonchev–Trinajstić information content (AvgIpc) is 2.07. The van der Waals surface area contributed by atoms with Crippen LogP contribution in [0.4, 0.5) is 11.5 Å². The number of nitrogens with one attached hydrogen (secondary N) is 1. The summed E-state index contributed by atoms with van der Waals surface area (Å²) >= 11 is 3.27. The van der Waals surface area contributed by atoms with Gasteiger partial charge in [-0.1, -0.05) is 0 Å². The van der Waals surface area contributed by atoms with Crippen LogP contribution < -0.4 is 16.8 Å². The van der Waals surface area contributed by atoms with E-state index < -0.39 is 5.54 Å². The number of anilines is 2. The van der Waals surface area contributed by atoms with E-state index in [2.05, 4.69) is 26.2 Å². The Labute approximate surface area is 103 Å². The molecule has 0 atom stereocenters. The number of rotatable bonds is 4. The molecular weight excluding hydrogens is 272 g/mol. The van der Waals surface area contributed by atoms with Crippen LogP contribution in [0.2, 0.25) is 0 Å². The fourth-order valence-electron chi connectivity index (χ4n) is 1.36. The number of hydrogen-bond donors (Lipinski definition) is 3. The second-order valence-electron chi connectivity index (χ2n) is 4.24. The van der Waals surface area contributed by atoms with Crippen molar-refractivity contribution in [3.05, 3.63) is 16.7 Å². The van der Waals surface area contributed by atoms with Gasteiger partial charge in [0.25, 0.3) is 0 Å². The normalized spacial score (nSPS) is 11.2. The van der Waals surface area contributed by atoms with Gasteiger partial charge in [0, 0.05) is 22.6 Å². The van der Waals surface area contributed by atoms with Crippen molar-refractivity contribution < 1.29 is 4.79 Å². The molecule has 0 radical (unpaired) electrons. The molecule has 1 aromatic rings. The van der Waals surface area contributed by atoms with Gasteiger partial charge in [-0.05, 0) is 35.8 Å². The first-order valence-corrected chi connectivity index (χ1v) is 5.57. The third-order valence-corrected chi connectivity index (χ3v) is 2.39. The molecule has 0 unspecified atom stereocenters. The highest BCUT2D eigenvalue weighted by Crippen LogP contribution is 2.24. The monoisotopic (exact) mass is 286 g/mol. The number of aromatic nitrogens is 1. The SMILES string of the molecule is CC(C)(CC(N)=O)Nc1ncc(Br)cc1N. The Morgan fingerprint density at radius 1 is 1.62 bits per heavy atom. The maximum atomic E-state index is 10.9. The average molecular weight is 287 g/mol. The maximum Gasteiger partial charge on any atom is 0.219 e. The second kappa shape index (κ2) is 4.69. The number of hydrogen-bond acceptors (Lipinski definition) is 4. The lowest BCUT2D eigenvalue weighted by atomic mass is 10.0. The minimum atomic E-state index is -0.471. The quantitative estimate of drug-likeness (QED) is 0.782. The molecule has 1 aromatic heterocycles. The summed E-state index contributed by atoms with van der Waals surface area (Å²) in [5.41, 5.74) is 11.0. The summed E-state index contributed by atoms with van der Waals surface area (Å²) in [6.45, 7) is 3.72. The second-order valence-corrected chi connectivity index (χ2v) is 5.16. The predicted octanol–water partition coefficient (Wildman–Crippen LogP) is 1.49. The zero-order valence-electron chi connectivity index (χ0n) is 9.25. The van der Waals surface area contributed by atoms with Crippen molar-refractivity contribution in [3.8, 4) is 0 Å². The zero-order valence-corrected chi connectivity index (χ0v) is 10.8. The number of carbonyl (C=O) groups is 1. The van der Waals surface area contributed by atoms with Crippen LogP contribution in [0.15, 0.2) is 16.7 Å². The van der Waals surface area contributed by atoms with E-state index in [1.807, 2.05) is 13.8 Å². The van der Waals surface area contributed by atoms with E-state index in [0.29, 0.717) is 11.5 Å². The lowest BCUT2D eigenvalue weighted by Crippen LogP contribution is -2.36. The Balaban J connectivity index is 2.83. The number of amides is 1. The molecule has 0 aliphatic carbocycles. The van der Waals surface area contributed by atoms with E-state index in [4.69, 9.17) is 11.5 Å². The molecule has 6 heteroatoms. The lowest BCUT2D eigenvalue weighted by molar-refractivity contribution is -0.118. The van der Waals surface area contributed by atoms with Crippen molar-refractivity contribution in [2.45, 2.75) is 25.8 Å². The smallest absolute Gasteiger partial charge is 0.219 e. The van der Waals surface area contributed by atoms with Crippen LogP contribution in [0.3, 0.4) is 0 Å². The van der Waals surface area contributed by atoms with Gasteiger partial charge in [0.05, 0.1) is 5.69 Å². The first kappa shape index (κ1) is 12.8. The first-order valence-electron chi connectivity index (χ1n) is 4.78. The Bertz CT molecular complexity index is 406. The predicted molar refractivity (Wildman–Crippen MR) is 67.9 cm³/mol. The summed E-state index contributed by atoms with van der Waals surface area (Å²) in [6.07, 6.45) is 1.85. The molecule has 1 heterocycles. The van der Waals surface area contributed by atoms with E-state index in [0.717, 1.165) is 4.47 Å². The van der Waals surface area contributed by atoms with Crippen LogP contribution in [0.25, 0.3) is 0 Å². The standard InChI is InChI=1S/C10H15BrN4O/c1-10(2,4-8(13)16)15-9-7(12)3-6(11)5-14-9/h3,5H,4,12H2,1-2H3,(H2,13,16)(H,14,15). The van der Waals surface area contributed by atoms with Crippen molar-refractivity contribution in [2.24, 2.45) is 5.73 Å². The Hall–Kier alpha value is -1.30. The minimum absolute atomic E-state index is 0.212. The van der Waals surface area contributed by atoms with Gasteiger partial charge in [0.1, 0.15) is 5.82 Å². The molecule has 0 aliphatic rings. The number of carbonyl (C=O) groups excluding carboxylic acids is 1. The molecule has 0 fully saturated rings. The van der Waals surface area contributed by atoms with Crippen LogP contribution in [-0.4, -0.2) is 16.4 Å². The molecule has 0 saturated carbocycles. The number of pyridine rings is 1. The molecule has 1 rings (SSSR count). The van der Waals surface area contributed by atoms with Gasteiger partial charge in [0.15, 0.2) is 0 Å². The van der Waals surface area contributed by atoms with E-state index in [1.165, 1.54) is 0 Å². The van der Waals surface area contributed by atoms with E-state index in [9.17, 15) is 4.79 Å². The maximum absolute atomic E-state index is 10.9. The summed E-state index contributed by atoms with van der Waals surface area (Å²) in [5, 5.41) is 3.09. The van der Waals surface area contributed by atoms with Gasteiger partial charge in [-0.2, -0.15) is 0 Å². The lowest BCUT2D eigenvalue weighted by Gasteiger charge is -2.26. The topological polar surface area (TPSA) is 94.0 Å². The minimum Gasteiger partial charge on any atom is -0.396 e. The van der Waals surface area contributed by atoms with Gasteiger partial charge in [-0.15, -0.1) is 0 Å². The summed E-state index contributed by atoms with van der Waals surface area (Å²) < 4.78 is 0.809. The van der Waals surface area contributed by atoms with Gasteiger partial charge in [0.2, 0.25) is 5.91 Å². The summed E-state index contributed by atoms with van der Waals surface area (Å²) in [4.78, 5) is 15.0. The molecule has 5 N–H and O–H groups in total. The van der Waals surface area contributed by atoms with Crippen LogP contribution in [0, 0.1) is 0 Å². The molecule has 5 nitrogen and oxygen atoms in total. The summed E-state index contributed by atoms with van der Waals surface area (Å²) in [6, 6.07) is 1.75. The Kier molecular flexibility index (Phi) is 3.74. The van der Waals surface area contributed by atoms with Crippen LogP contribution >= 0.6 is 15.9 Å². The summed E-state index contributed by atoms with van der Waals surface area (Å²) in [5.74, 6) is 0.183. The third-order valence-electron chi connectivity index (χ3n) is 1.96. The van der Waals surface area contributed by atoms with Crippen molar-refractivity contribution >= 4 is 33.3 Å².